The highest BCUT2D eigenvalue weighted by molar-refractivity contribution is 6.35. The van der Waals surface area contributed by atoms with Gasteiger partial charge in [0, 0.05) is 27.8 Å². The first kappa shape index (κ1) is 19.6. The van der Waals surface area contributed by atoms with Gasteiger partial charge in [0.1, 0.15) is 11.5 Å². The maximum atomic E-state index is 12.2. The Morgan fingerprint density at radius 2 is 1.62 bits per heavy atom. The van der Waals surface area contributed by atoms with E-state index >= 15 is 0 Å². The van der Waals surface area contributed by atoms with Crippen molar-refractivity contribution in [2.45, 2.75) is 0 Å². The van der Waals surface area contributed by atoms with Crippen LogP contribution in [0.5, 0.6) is 11.5 Å². The van der Waals surface area contributed by atoms with Crippen molar-refractivity contribution in [2.75, 3.05) is 14.2 Å². The summed E-state index contributed by atoms with van der Waals surface area (Å²) in [5.41, 5.74) is 5.48. The van der Waals surface area contributed by atoms with Crippen LogP contribution >= 0.6 is 23.2 Å². The van der Waals surface area contributed by atoms with E-state index in [2.05, 4.69) is 10.9 Å². The highest BCUT2D eigenvalue weighted by Gasteiger charge is 2.10. The second kappa shape index (κ2) is 9.12. The SMILES string of the molecule is COc1cc(OC)cc(C(=O)NNC(=O)/C=C/c2ccc(Cl)cc2Cl)c1. The average Bonchev–Trinajstić information content (AvgIpc) is 2.64. The summed E-state index contributed by atoms with van der Waals surface area (Å²) in [5, 5.41) is 0.909. The number of carbonyl (C=O) groups excluding carboxylic acids is 2. The van der Waals surface area contributed by atoms with Crippen molar-refractivity contribution >= 4 is 41.1 Å². The van der Waals surface area contributed by atoms with E-state index in [0.717, 1.165) is 0 Å². The number of rotatable bonds is 5. The van der Waals surface area contributed by atoms with Crippen LogP contribution in [0, 0.1) is 0 Å². The topological polar surface area (TPSA) is 76.7 Å². The van der Waals surface area contributed by atoms with Gasteiger partial charge >= 0.3 is 0 Å². The van der Waals surface area contributed by atoms with Gasteiger partial charge in [-0.2, -0.15) is 0 Å². The van der Waals surface area contributed by atoms with E-state index in [1.165, 1.54) is 38.5 Å². The number of methoxy groups -OCH3 is 2. The molecule has 8 heteroatoms. The largest absolute Gasteiger partial charge is 0.497 e. The van der Waals surface area contributed by atoms with E-state index in [1.807, 2.05) is 0 Å². The lowest BCUT2D eigenvalue weighted by atomic mass is 10.2. The van der Waals surface area contributed by atoms with Gasteiger partial charge in [0.05, 0.1) is 14.2 Å². The molecule has 136 valence electrons. The van der Waals surface area contributed by atoms with E-state index in [0.29, 0.717) is 27.1 Å². The highest BCUT2D eigenvalue weighted by Crippen LogP contribution is 2.23. The van der Waals surface area contributed by atoms with Gasteiger partial charge in [-0.3, -0.25) is 20.4 Å². The molecule has 6 nitrogen and oxygen atoms in total. The summed E-state index contributed by atoms with van der Waals surface area (Å²) in [6.07, 6.45) is 2.75. The number of halogens is 2. The molecule has 0 saturated carbocycles. The van der Waals surface area contributed by atoms with Crippen LogP contribution in [0.2, 0.25) is 10.0 Å². The Kier molecular flexibility index (Phi) is 6.89. The van der Waals surface area contributed by atoms with Crippen LogP contribution in [0.1, 0.15) is 15.9 Å². The van der Waals surface area contributed by atoms with E-state index in [1.54, 1.807) is 24.3 Å². The Labute approximate surface area is 160 Å². The lowest BCUT2D eigenvalue weighted by Gasteiger charge is -2.09. The fraction of sp³-hybridized carbons (Fsp3) is 0.111. The Morgan fingerprint density at radius 1 is 0.962 bits per heavy atom. The van der Waals surface area contributed by atoms with E-state index in [-0.39, 0.29) is 5.56 Å². The van der Waals surface area contributed by atoms with E-state index < -0.39 is 11.8 Å². The molecule has 0 radical (unpaired) electrons. The summed E-state index contributed by atoms with van der Waals surface area (Å²) in [7, 11) is 2.95. The van der Waals surface area contributed by atoms with Gasteiger partial charge in [-0.25, -0.2) is 0 Å². The van der Waals surface area contributed by atoms with Gasteiger partial charge in [0.25, 0.3) is 11.8 Å². The predicted molar refractivity (Wildman–Crippen MR) is 101 cm³/mol. The van der Waals surface area contributed by atoms with Crippen LogP contribution in [0.15, 0.2) is 42.5 Å². The van der Waals surface area contributed by atoms with Crippen LogP contribution < -0.4 is 20.3 Å². The number of ether oxygens (including phenoxy) is 2. The van der Waals surface area contributed by atoms with Crippen molar-refractivity contribution in [3.05, 3.63) is 63.6 Å². The average molecular weight is 395 g/mol. The molecule has 0 heterocycles. The Hall–Kier alpha value is -2.70. The molecule has 0 fully saturated rings. The molecule has 0 bridgehead atoms. The molecule has 2 rings (SSSR count). The van der Waals surface area contributed by atoms with Crippen molar-refractivity contribution in [3.8, 4) is 11.5 Å². The molecule has 26 heavy (non-hydrogen) atoms. The summed E-state index contributed by atoms with van der Waals surface area (Å²) >= 11 is 11.8. The predicted octanol–water partition coefficient (Wildman–Crippen LogP) is 3.49. The first-order valence-corrected chi connectivity index (χ1v) is 8.15. The number of benzene rings is 2. The molecule has 2 aromatic carbocycles. The number of amides is 2. The van der Waals surface area contributed by atoms with Gasteiger partial charge in [-0.05, 0) is 35.9 Å². The normalized spacial score (nSPS) is 10.5. The summed E-state index contributed by atoms with van der Waals surface area (Å²) < 4.78 is 10.2. The number of hydrogen-bond donors (Lipinski definition) is 2. The van der Waals surface area contributed by atoms with Crippen LogP contribution in [-0.4, -0.2) is 26.0 Å². The van der Waals surface area contributed by atoms with Crippen LogP contribution in [0.4, 0.5) is 0 Å². The molecular weight excluding hydrogens is 379 g/mol. The van der Waals surface area contributed by atoms with Crippen LogP contribution in [0.25, 0.3) is 6.08 Å². The molecular formula is C18H16Cl2N2O4. The van der Waals surface area contributed by atoms with Crippen LogP contribution in [-0.2, 0) is 4.79 Å². The molecule has 2 N–H and O–H groups in total. The van der Waals surface area contributed by atoms with Crippen molar-refractivity contribution < 1.29 is 19.1 Å². The lowest BCUT2D eigenvalue weighted by molar-refractivity contribution is -0.117. The number of nitrogens with one attached hydrogen (secondary N) is 2. The minimum absolute atomic E-state index is 0.270. The first-order chi connectivity index (χ1) is 12.4. The molecule has 0 aliphatic rings. The highest BCUT2D eigenvalue weighted by atomic mass is 35.5. The molecule has 0 atom stereocenters. The zero-order valence-corrected chi connectivity index (χ0v) is 15.5. The molecule has 2 amide bonds. The quantitative estimate of drug-likeness (QED) is 0.600. The summed E-state index contributed by atoms with van der Waals surface area (Å²) in [4.78, 5) is 24.0. The maximum Gasteiger partial charge on any atom is 0.269 e. The smallest absolute Gasteiger partial charge is 0.269 e. The second-order valence-corrected chi connectivity index (χ2v) is 5.89. The maximum absolute atomic E-state index is 12.2. The van der Waals surface area contributed by atoms with Gasteiger partial charge < -0.3 is 9.47 Å². The molecule has 0 unspecified atom stereocenters. The first-order valence-electron chi connectivity index (χ1n) is 7.39. The van der Waals surface area contributed by atoms with Gasteiger partial charge in [-0.1, -0.05) is 29.3 Å². The summed E-state index contributed by atoms with van der Waals surface area (Å²) in [6, 6.07) is 9.58. The minimum Gasteiger partial charge on any atom is -0.497 e. The van der Waals surface area contributed by atoms with Crippen molar-refractivity contribution in [1.82, 2.24) is 10.9 Å². The molecule has 0 aromatic heterocycles. The van der Waals surface area contributed by atoms with Gasteiger partial charge in [-0.15, -0.1) is 0 Å². The fourth-order valence-corrected chi connectivity index (χ4v) is 2.44. The summed E-state index contributed by atoms with van der Waals surface area (Å²) in [5.74, 6) is -0.135. The van der Waals surface area contributed by atoms with E-state index in [4.69, 9.17) is 32.7 Å². The zero-order valence-electron chi connectivity index (χ0n) is 14.0. The molecule has 0 aliphatic carbocycles. The zero-order chi connectivity index (χ0) is 19.1. The van der Waals surface area contributed by atoms with E-state index in [9.17, 15) is 9.59 Å². The minimum atomic E-state index is -0.528. The summed E-state index contributed by atoms with van der Waals surface area (Å²) in [6.45, 7) is 0. The number of hydrogen-bond acceptors (Lipinski definition) is 4. The number of hydrazine groups is 1. The molecule has 2 aromatic rings. The standard InChI is InChI=1S/C18H16Cl2N2O4/c1-25-14-7-12(8-15(10-14)26-2)18(24)22-21-17(23)6-4-11-3-5-13(19)9-16(11)20/h3-10H,1-2H3,(H,21,23)(H,22,24)/b6-4+. The lowest BCUT2D eigenvalue weighted by Crippen LogP contribution is -2.40. The third-order valence-electron chi connectivity index (χ3n) is 3.29. The van der Waals surface area contributed by atoms with Crippen molar-refractivity contribution in [3.63, 3.8) is 0 Å². The third-order valence-corrected chi connectivity index (χ3v) is 3.85. The fourth-order valence-electron chi connectivity index (χ4n) is 1.97. The van der Waals surface area contributed by atoms with Crippen molar-refractivity contribution in [1.29, 1.82) is 0 Å². The monoisotopic (exact) mass is 394 g/mol. The Bertz CT molecular complexity index is 831. The van der Waals surface area contributed by atoms with Crippen LogP contribution in [0.3, 0.4) is 0 Å². The number of carbonyl (C=O) groups is 2. The molecule has 0 aliphatic heterocycles. The molecule has 0 saturated heterocycles. The Balaban J connectivity index is 1.98. The third kappa shape index (κ3) is 5.40. The Morgan fingerprint density at radius 3 is 2.19 bits per heavy atom. The van der Waals surface area contributed by atoms with Crippen molar-refractivity contribution in [2.24, 2.45) is 0 Å². The molecule has 0 spiro atoms. The second-order valence-electron chi connectivity index (χ2n) is 5.04. The van der Waals surface area contributed by atoms with Gasteiger partial charge in [0.2, 0.25) is 0 Å². The van der Waals surface area contributed by atoms with Gasteiger partial charge in [0.15, 0.2) is 0 Å².